The second kappa shape index (κ2) is 5.99. The molecular formula is C18H13FN4O3. The van der Waals surface area contributed by atoms with Crippen LogP contribution in [0.15, 0.2) is 57.2 Å². The van der Waals surface area contributed by atoms with E-state index in [1.807, 2.05) is 0 Å². The number of hydrogen-bond donors (Lipinski definition) is 2. The Labute approximate surface area is 145 Å². The molecule has 26 heavy (non-hydrogen) atoms. The first-order valence-corrected chi connectivity index (χ1v) is 7.71. The minimum Gasteiger partial charge on any atom is -0.497 e. The SMILES string of the molecule is COc1ccc(/C=N/n2c(=O)[nH]c3c([nH]c4ccc(F)cc43)c2=O)cc1. The lowest BCUT2D eigenvalue weighted by Crippen LogP contribution is -2.32. The van der Waals surface area contributed by atoms with Crippen LogP contribution in [0, 0.1) is 5.82 Å². The van der Waals surface area contributed by atoms with Crippen LogP contribution in [0.4, 0.5) is 4.39 Å². The molecule has 2 N–H and O–H groups in total. The van der Waals surface area contributed by atoms with Gasteiger partial charge in [0.1, 0.15) is 17.1 Å². The minimum absolute atomic E-state index is 0.150. The lowest BCUT2D eigenvalue weighted by Gasteiger charge is -2.00. The number of halogens is 1. The van der Waals surface area contributed by atoms with Crippen LogP contribution in [0.1, 0.15) is 5.56 Å². The van der Waals surface area contributed by atoms with Gasteiger partial charge in [0.25, 0.3) is 0 Å². The van der Waals surface area contributed by atoms with Crippen molar-refractivity contribution in [3.63, 3.8) is 0 Å². The molecule has 4 aromatic rings. The van der Waals surface area contributed by atoms with Crippen molar-refractivity contribution < 1.29 is 9.13 Å². The third-order valence-electron chi connectivity index (χ3n) is 4.03. The summed E-state index contributed by atoms with van der Waals surface area (Å²) in [4.78, 5) is 30.4. The van der Waals surface area contributed by atoms with E-state index in [4.69, 9.17) is 4.74 Å². The van der Waals surface area contributed by atoms with E-state index in [-0.39, 0.29) is 11.0 Å². The monoisotopic (exact) mass is 352 g/mol. The third-order valence-corrected chi connectivity index (χ3v) is 4.03. The maximum Gasteiger partial charge on any atom is 0.350 e. The average Bonchev–Trinajstić information content (AvgIpc) is 3.00. The molecule has 0 fully saturated rings. The molecule has 0 amide bonds. The lowest BCUT2D eigenvalue weighted by molar-refractivity contribution is 0.415. The quantitative estimate of drug-likeness (QED) is 0.554. The van der Waals surface area contributed by atoms with E-state index in [1.54, 1.807) is 31.4 Å². The number of nitrogens with zero attached hydrogens (tertiary/aromatic N) is 2. The molecule has 0 aliphatic carbocycles. The first kappa shape index (κ1) is 15.8. The molecule has 130 valence electrons. The largest absolute Gasteiger partial charge is 0.497 e. The molecule has 0 aliphatic rings. The van der Waals surface area contributed by atoms with Gasteiger partial charge in [0.05, 0.1) is 18.8 Å². The number of rotatable bonds is 3. The molecule has 0 atom stereocenters. The Morgan fingerprint density at radius 1 is 1.08 bits per heavy atom. The van der Waals surface area contributed by atoms with Crippen molar-refractivity contribution in [3.05, 3.63) is 74.7 Å². The fourth-order valence-electron chi connectivity index (χ4n) is 2.73. The molecular weight excluding hydrogens is 339 g/mol. The second-order valence-electron chi connectivity index (χ2n) is 5.63. The third kappa shape index (κ3) is 2.57. The number of nitrogens with one attached hydrogen (secondary N) is 2. The van der Waals surface area contributed by atoms with Gasteiger partial charge in [-0.25, -0.2) is 9.18 Å². The number of H-pyrrole nitrogens is 2. The van der Waals surface area contributed by atoms with Crippen LogP contribution < -0.4 is 16.0 Å². The smallest absolute Gasteiger partial charge is 0.350 e. The molecule has 7 nitrogen and oxygen atoms in total. The van der Waals surface area contributed by atoms with E-state index >= 15 is 0 Å². The maximum atomic E-state index is 13.5. The number of benzene rings is 2. The summed E-state index contributed by atoms with van der Waals surface area (Å²) >= 11 is 0. The predicted molar refractivity (Wildman–Crippen MR) is 96.6 cm³/mol. The Morgan fingerprint density at radius 3 is 2.58 bits per heavy atom. The Kier molecular flexibility index (Phi) is 3.65. The van der Waals surface area contributed by atoms with E-state index in [9.17, 15) is 14.0 Å². The Hall–Kier alpha value is -3.68. The molecule has 0 aliphatic heterocycles. The van der Waals surface area contributed by atoms with Gasteiger partial charge in [-0.15, -0.1) is 4.68 Å². The van der Waals surface area contributed by atoms with Gasteiger partial charge in [0.15, 0.2) is 0 Å². The van der Waals surface area contributed by atoms with Crippen molar-refractivity contribution in [2.75, 3.05) is 7.11 Å². The Morgan fingerprint density at radius 2 is 1.85 bits per heavy atom. The van der Waals surface area contributed by atoms with Crippen LogP contribution in [0.5, 0.6) is 5.75 Å². The molecule has 0 saturated carbocycles. The maximum absolute atomic E-state index is 13.5. The predicted octanol–water partition coefficient (Wildman–Crippen LogP) is 2.20. The van der Waals surface area contributed by atoms with Gasteiger partial charge in [-0.05, 0) is 48.0 Å². The number of hydrogen-bond acceptors (Lipinski definition) is 4. The van der Waals surface area contributed by atoms with Crippen molar-refractivity contribution >= 4 is 28.2 Å². The van der Waals surface area contributed by atoms with Gasteiger partial charge in [0.2, 0.25) is 0 Å². The number of aromatic amines is 2. The highest BCUT2D eigenvalue weighted by atomic mass is 19.1. The molecule has 0 bridgehead atoms. The fourth-order valence-corrected chi connectivity index (χ4v) is 2.73. The van der Waals surface area contributed by atoms with E-state index in [0.717, 1.165) is 4.68 Å². The van der Waals surface area contributed by atoms with E-state index in [1.165, 1.54) is 24.4 Å². The topological polar surface area (TPSA) is 92.2 Å². The van der Waals surface area contributed by atoms with Crippen LogP contribution in [-0.4, -0.2) is 28.0 Å². The van der Waals surface area contributed by atoms with Gasteiger partial charge in [-0.1, -0.05) is 0 Å². The molecule has 0 unspecified atom stereocenters. The van der Waals surface area contributed by atoms with Gasteiger partial charge < -0.3 is 14.7 Å². The Balaban J connectivity index is 1.85. The molecule has 0 spiro atoms. The highest BCUT2D eigenvalue weighted by molar-refractivity contribution is 6.04. The molecule has 0 radical (unpaired) electrons. The molecule has 2 heterocycles. The van der Waals surface area contributed by atoms with E-state index < -0.39 is 17.1 Å². The zero-order valence-corrected chi connectivity index (χ0v) is 13.6. The van der Waals surface area contributed by atoms with Crippen molar-refractivity contribution in [2.45, 2.75) is 0 Å². The Bertz CT molecular complexity index is 1270. The summed E-state index contributed by atoms with van der Waals surface area (Å²) in [6, 6.07) is 11.0. The van der Waals surface area contributed by atoms with Crippen LogP contribution in [0.3, 0.4) is 0 Å². The summed E-state index contributed by atoms with van der Waals surface area (Å²) in [5.41, 5.74) is 0.312. The first-order valence-electron chi connectivity index (χ1n) is 7.71. The summed E-state index contributed by atoms with van der Waals surface area (Å²) in [6.07, 6.45) is 1.39. The average molecular weight is 352 g/mol. The van der Waals surface area contributed by atoms with E-state index in [0.29, 0.717) is 22.2 Å². The van der Waals surface area contributed by atoms with Gasteiger partial charge >= 0.3 is 11.2 Å². The summed E-state index contributed by atoms with van der Waals surface area (Å²) in [5, 5.41) is 4.40. The van der Waals surface area contributed by atoms with Crippen molar-refractivity contribution in [2.24, 2.45) is 5.10 Å². The summed E-state index contributed by atoms with van der Waals surface area (Å²) in [7, 11) is 1.56. The summed E-state index contributed by atoms with van der Waals surface area (Å²) in [5.74, 6) is 0.227. The van der Waals surface area contributed by atoms with Crippen LogP contribution in [0.2, 0.25) is 0 Å². The van der Waals surface area contributed by atoms with E-state index in [2.05, 4.69) is 15.1 Å². The van der Waals surface area contributed by atoms with Gasteiger partial charge in [0, 0.05) is 10.9 Å². The molecule has 0 saturated heterocycles. The summed E-state index contributed by atoms with van der Waals surface area (Å²) in [6.45, 7) is 0. The second-order valence-corrected chi connectivity index (χ2v) is 5.63. The molecule has 2 aromatic heterocycles. The lowest BCUT2D eigenvalue weighted by atomic mass is 10.2. The number of ether oxygens (including phenoxy) is 1. The minimum atomic E-state index is -0.711. The fraction of sp³-hybridized carbons (Fsp3) is 0.0556. The zero-order valence-electron chi connectivity index (χ0n) is 13.6. The van der Waals surface area contributed by atoms with Crippen LogP contribution in [0.25, 0.3) is 21.9 Å². The zero-order chi connectivity index (χ0) is 18.3. The highest BCUT2D eigenvalue weighted by Gasteiger charge is 2.13. The number of methoxy groups -OCH3 is 1. The van der Waals surface area contributed by atoms with Crippen molar-refractivity contribution in [1.82, 2.24) is 14.6 Å². The standard InChI is InChI=1S/C18H13FN4O3/c1-26-12-5-2-10(3-6-12)9-20-23-17(24)16-15(22-18(23)25)13-8-11(19)4-7-14(13)21-16/h2-9,21H,1H3,(H,22,25)/b20-9+. The molecule has 2 aromatic carbocycles. The van der Waals surface area contributed by atoms with Crippen LogP contribution >= 0.6 is 0 Å². The van der Waals surface area contributed by atoms with Gasteiger partial charge in [-0.3, -0.25) is 4.79 Å². The van der Waals surface area contributed by atoms with Gasteiger partial charge in [-0.2, -0.15) is 5.10 Å². The first-order chi connectivity index (χ1) is 12.6. The number of fused-ring (bicyclic) bond motifs is 3. The molecule has 8 heteroatoms. The number of aromatic nitrogens is 3. The van der Waals surface area contributed by atoms with Crippen molar-refractivity contribution in [1.29, 1.82) is 0 Å². The summed E-state index contributed by atoms with van der Waals surface area (Å²) < 4.78 is 19.3. The van der Waals surface area contributed by atoms with Crippen LogP contribution in [-0.2, 0) is 0 Å². The van der Waals surface area contributed by atoms with Crippen molar-refractivity contribution in [3.8, 4) is 5.75 Å². The molecule has 4 rings (SSSR count). The normalized spacial score (nSPS) is 11.6. The highest BCUT2D eigenvalue weighted by Crippen LogP contribution is 2.21.